The maximum absolute atomic E-state index is 11.6. The van der Waals surface area contributed by atoms with E-state index in [1.165, 1.54) is 0 Å². The van der Waals surface area contributed by atoms with Gasteiger partial charge in [-0.1, -0.05) is 23.7 Å². The van der Waals surface area contributed by atoms with Crippen LogP contribution in [0.2, 0.25) is 5.02 Å². The lowest BCUT2D eigenvalue weighted by atomic mass is 10.1. The van der Waals surface area contributed by atoms with Crippen LogP contribution in [0.4, 0.5) is 10.6 Å². The maximum Gasteiger partial charge on any atom is 0.320 e. The molecular formula is C14H17ClN4O2. The number of benzene rings is 1. The van der Waals surface area contributed by atoms with Gasteiger partial charge >= 0.3 is 6.03 Å². The van der Waals surface area contributed by atoms with E-state index in [-0.39, 0.29) is 12.6 Å². The number of aliphatic hydroxyl groups excluding tert-OH is 1. The Morgan fingerprint density at radius 1 is 1.38 bits per heavy atom. The smallest absolute Gasteiger partial charge is 0.320 e. The molecule has 0 fully saturated rings. The minimum Gasteiger partial charge on any atom is -0.394 e. The molecule has 0 unspecified atom stereocenters. The molecule has 2 aromatic rings. The standard InChI is InChI=1S/C14H17ClN4O2/c1-2-16-14(21)17-13-9-12(18-19(13)7-8-20)10-3-5-11(15)6-4-10/h3-6,9,20H,2,7-8H2,1H3,(H2,16,17,21). The lowest BCUT2D eigenvalue weighted by Crippen LogP contribution is -2.29. The molecular weight excluding hydrogens is 292 g/mol. The molecule has 2 amide bonds. The Bertz CT molecular complexity index is 610. The number of nitrogens with one attached hydrogen (secondary N) is 2. The number of urea groups is 1. The Morgan fingerprint density at radius 2 is 2.10 bits per heavy atom. The first-order valence-electron chi connectivity index (χ1n) is 6.63. The molecule has 0 bridgehead atoms. The van der Waals surface area contributed by atoms with E-state index in [0.29, 0.717) is 29.6 Å². The molecule has 0 aliphatic heterocycles. The van der Waals surface area contributed by atoms with Crippen LogP contribution in [-0.4, -0.2) is 34.1 Å². The molecule has 0 aliphatic carbocycles. The summed E-state index contributed by atoms with van der Waals surface area (Å²) in [6.07, 6.45) is 0. The summed E-state index contributed by atoms with van der Waals surface area (Å²) < 4.78 is 1.55. The van der Waals surface area contributed by atoms with Crippen molar-refractivity contribution in [2.45, 2.75) is 13.5 Å². The molecule has 0 atom stereocenters. The molecule has 1 aromatic carbocycles. The third-order valence-corrected chi connectivity index (χ3v) is 3.06. The van der Waals surface area contributed by atoms with Gasteiger partial charge in [-0.2, -0.15) is 5.10 Å². The van der Waals surface area contributed by atoms with Crippen molar-refractivity contribution in [1.29, 1.82) is 0 Å². The maximum atomic E-state index is 11.6. The highest BCUT2D eigenvalue weighted by atomic mass is 35.5. The van der Waals surface area contributed by atoms with Crippen LogP contribution in [0.25, 0.3) is 11.3 Å². The lowest BCUT2D eigenvalue weighted by molar-refractivity contribution is 0.251. The molecule has 6 nitrogen and oxygen atoms in total. The van der Waals surface area contributed by atoms with E-state index in [4.69, 9.17) is 16.7 Å². The summed E-state index contributed by atoms with van der Waals surface area (Å²) >= 11 is 5.87. The number of hydrogen-bond acceptors (Lipinski definition) is 3. The van der Waals surface area contributed by atoms with Gasteiger partial charge in [0.1, 0.15) is 5.82 Å². The molecule has 0 radical (unpaired) electrons. The van der Waals surface area contributed by atoms with E-state index in [1.54, 1.807) is 22.9 Å². The summed E-state index contributed by atoms with van der Waals surface area (Å²) in [4.78, 5) is 11.6. The molecule has 0 aliphatic rings. The number of carbonyl (C=O) groups excluding carboxylic acids is 1. The molecule has 7 heteroatoms. The van der Waals surface area contributed by atoms with Crippen LogP contribution in [0.1, 0.15) is 6.92 Å². The summed E-state index contributed by atoms with van der Waals surface area (Å²) in [6.45, 7) is 2.61. The van der Waals surface area contributed by atoms with Gasteiger partial charge < -0.3 is 10.4 Å². The Hall–Kier alpha value is -2.05. The third kappa shape index (κ3) is 3.96. The molecule has 0 saturated carbocycles. The first-order chi connectivity index (χ1) is 10.1. The number of aromatic nitrogens is 2. The van der Waals surface area contributed by atoms with Gasteiger partial charge in [-0.15, -0.1) is 0 Å². The Morgan fingerprint density at radius 3 is 2.71 bits per heavy atom. The summed E-state index contributed by atoms with van der Waals surface area (Å²) in [5.74, 6) is 0.528. The zero-order valence-corrected chi connectivity index (χ0v) is 12.4. The zero-order valence-electron chi connectivity index (χ0n) is 11.6. The summed E-state index contributed by atoms with van der Waals surface area (Å²) in [7, 11) is 0. The fourth-order valence-electron chi connectivity index (χ4n) is 1.87. The lowest BCUT2D eigenvalue weighted by Gasteiger charge is -2.07. The van der Waals surface area contributed by atoms with Crippen LogP contribution in [0, 0.1) is 0 Å². The van der Waals surface area contributed by atoms with E-state index in [1.807, 2.05) is 19.1 Å². The van der Waals surface area contributed by atoms with Crippen LogP contribution < -0.4 is 10.6 Å². The summed E-state index contributed by atoms with van der Waals surface area (Å²) in [5.41, 5.74) is 1.59. The van der Waals surface area contributed by atoms with Crippen LogP contribution in [0.5, 0.6) is 0 Å². The third-order valence-electron chi connectivity index (χ3n) is 2.81. The number of anilines is 1. The van der Waals surface area contributed by atoms with Crippen molar-refractivity contribution in [1.82, 2.24) is 15.1 Å². The Kier molecular flexibility index (Phi) is 5.19. The minimum atomic E-state index is -0.306. The van der Waals surface area contributed by atoms with Crippen molar-refractivity contribution in [3.63, 3.8) is 0 Å². The fraction of sp³-hybridized carbons (Fsp3) is 0.286. The van der Waals surface area contributed by atoms with Gasteiger partial charge in [0.05, 0.1) is 18.8 Å². The molecule has 1 aromatic heterocycles. The normalized spacial score (nSPS) is 10.4. The number of carbonyl (C=O) groups is 1. The van der Waals surface area contributed by atoms with Crippen LogP contribution in [0.15, 0.2) is 30.3 Å². The second kappa shape index (κ2) is 7.10. The van der Waals surface area contributed by atoms with Gasteiger partial charge in [0.15, 0.2) is 0 Å². The van der Waals surface area contributed by atoms with Crippen molar-refractivity contribution in [2.75, 3.05) is 18.5 Å². The number of rotatable bonds is 5. The van der Waals surface area contributed by atoms with Crippen molar-refractivity contribution in [2.24, 2.45) is 0 Å². The van der Waals surface area contributed by atoms with Gasteiger partial charge in [0.25, 0.3) is 0 Å². The largest absolute Gasteiger partial charge is 0.394 e. The van der Waals surface area contributed by atoms with Crippen molar-refractivity contribution in [3.8, 4) is 11.3 Å². The van der Waals surface area contributed by atoms with Crippen LogP contribution in [0.3, 0.4) is 0 Å². The van der Waals surface area contributed by atoms with E-state index >= 15 is 0 Å². The molecule has 112 valence electrons. The second-order valence-corrected chi connectivity index (χ2v) is 4.79. The molecule has 0 saturated heterocycles. The average molecular weight is 309 g/mol. The summed E-state index contributed by atoms with van der Waals surface area (Å²) in [5, 5.41) is 19.5. The van der Waals surface area contributed by atoms with Crippen molar-refractivity contribution >= 4 is 23.4 Å². The average Bonchev–Trinajstić information content (AvgIpc) is 2.83. The quantitative estimate of drug-likeness (QED) is 0.793. The highest BCUT2D eigenvalue weighted by Crippen LogP contribution is 2.23. The van der Waals surface area contributed by atoms with E-state index in [9.17, 15) is 4.79 Å². The predicted molar refractivity (Wildman–Crippen MR) is 82.5 cm³/mol. The van der Waals surface area contributed by atoms with E-state index < -0.39 is 0 Å². The Labute approximate surface area is 127 Å². The first kappa shape index (κ1) is 15.3. The number of aliphatic hydroxyl groups is 1. The number of amides is 2. The predicted octanol–water partition coefficient (Wildman–Crippen LogP) is 2.34. The van der Waals surface area contributed by atoms with Crippen LogP contribution in [-0.2, 0) is 6.54 Å². The SMILES string of the molecule is CCNC(=O)Nc1cc(-c2ccc(Cl)cc2)nn1CCO. The van der Waals surface area contributed by atoms with Crippen molar-refractivity contribution < 1.29 is 9.90 Å². The van der Waals surface area contributed by atoms with E-state index in [2.05, 4.69) is 15.7 Å². The second-order valence-electron chi connectivity index (χ2n) is 4.35. The minimum absolute atomic E-state index is 0.0637. The van der Waals surface area contributed by atoms with Gasteiger partial charge in [0, 0.05) is 23.2 Å². The highest BCUT2D eigenvalue weighted by molar-refractivity contribution is 6.30. The molecule has 21 heavy (non-hydrogen) atoms. The molecule has 1 heterocycles. The van der Waals surface area contributed by atoms with Crippen LogP contribution >= 0.6 is 11.6 Å². The number of halogens is 1. The summed E-state index contributed by atoms with van der Waals surface area (Å²) in [6, 6.07) is 8.71. The number of hydrogen-bond donors (Lipinski definition) is 3. The monoisotopic (exact) mass is 308 g/mol. The van der Waals surface area contributed by atoms with Gasteiger partial charge in [-0.3, -0.25) is 5.32 Å². The number of nitrogens with zero attached hydrogens (tertiary/aromatic N) is 2. The zero-order chi connectivity index (χ0) is 15.2. The fourth-order valence-corrected chi connectivity index (χ4v) is 1.99. The molecule has 0 spiro atoms. The molecule has 2 rings (SSSR count). The highest BCUT2D eigenvalue weighted by Gasteiger charge is 2.11. The molecule has 3 N–H and O–H groups in total. The first-order valence-corrected chi connectivity index (χ1v) is 7.01. The van der Waals surface area contributed by atoms with Gasteiger partial charge in [-0.25, -0.2) is 9.48 Å². The van der Waals surface area contributed by atoms with Gasteiger partial charge in [-0.05, 0) is 19.1 Å². The van der Waals surface area contributed by atoms with Gasteiger partial charge in [0.2, 0.25) is 0 Å². The van der Waals surface area contributed by atoms with Crippen molar-refractivity contribution in [3.05, 3.63) is 35.4 Å². The topological polar surface area (TPSA) is 79.2 Å². The van der Waals surface area contributed by atoms with E-state index in [0.717, 1.165) is 5.56 Å². The Balaban J connectivity index is 2.27.